The van der Waals surface area contributed by atoms with Gasteiger partial charge in [0.15, 0.2) is 0 Å². The summed E-state index contributed by atoms with van der Waals surface area (Å²) in [6, 6.07) is 16.0. The molecule has 1 aliphatic heterocycles. The number of aromatic nitrogens is 2. The molecule has 1 N–H and O–H groups in total. The fourth-order valence-corrected chi connectivity index (χ4v) is 3.58. The van der Waals surface area contributed by atoms with Gasteiger partial charge in [0.2, 0.25) is 0 Å². The highest BCUT2D eigenvalue weighted by molar-refractivity contribution is 6.30. The van der Waals surface area contributed by atoms with Crippen molar-refractivity contribution < 1.29 is 0 Å². The maximum atomic E-state index is 12.3. The number of nitrogens with one attached hydrogen (secondary N) is 1. The minimum atomic E-state index is -0.0591. The minimum Gasteiger partial charge on any atom is -0.308 e. The van der Waals surface area contributed by atoms with Crippen LogP contribution in [0.5, 0.6) is 0 Å². The fourth-order valence-electron chi connectivity index (χ4n) is 3.46. The van der Waals surface area contributed by atoms with Crippen LogP contribution in [-0.4, -0.2) is 22.7 Å². The van der Waals surface area contributed by atoms with E-state index in [4.69, 9.17) is 11.6 Å². The van der Waals surface area contributed by atoms with E-state index in [1.54, 1.807) is 4.68 Å². The van der Waals surface area contributed by atoms with E-state index in [2.05, 4.69) is 22.1 Å². The lowest BCUT2D eigenvalue weighted by molar-refractivity contribution is 0.434. The van der Waals surface area contributed by atoms with E-state index < -0.39 is 0 Å². The van der Waals surface area contributed by atoms with E-state index in [0.717, 1.165) is 42.0 Å². The van der Waals surface area contributed by atoms with Gasteiger partial charge in [-0.15, -0.1) is 0 Å². The maximum absolute atomic E-state index is 12.3. The van der Waals surface area contributed by atoms with Crippen molar-refractivity contribution >= 4 is 22.6 Å². The monoisotopic (exact) mass is 327 g/mol. The molecule has 0 radical (unpaired) electrons. The van der Waals surface area contributed by atoms with Crippen molar-refractivity contribution in [2.75, 3.05) is 18.1 Å². The summed E-state index contributed by atoms with van der Waals surface area (Å²) >= 11 is 5.96. The molecule has 2 aromatic carbocycles. The topological polar surface area (TPSA) is 41.0 Å². The van der Waals surface area contributed by atoms with Crippen LogP contribution in [0.3, 0.4) is 0 Å². The third kappa shape index (κ3) is 2.63. The molecule has 23 heavy (non-hydrogen) atoms. The van der Waals surface area contributed by atoms with Gasteiger partial charge in [-0.25, -0.2) is 9.47 Å². The van der Waals surface area contributed by atoms with Crippen molar-refractivity contribution in [3.05, 3.63) is 69.6 Å². The van der Waals surface area contributed by atoms with E-state index in [9.17, 15) is 4.79 Å². The molecule has 0 amide bonds. The number of hydrogen-bond donors (Lipinski definition) is 1. The molecule has 4 nitrogen and oxygen atoms in total. The molecule has 0 saturated carbocycles. The van der Waals surface area contributed by atoms with Crippen molar-refractivity contribution in [2.24, 2.45) is 0 Å². The van der Waals surface area contributed by atoms with Crippen LogP contribution in [0.15, 0.2) is 53.3 Å². The first kappa shape index (κ1) is 14.4. The van der Waals surface area contributed by atoms with Crippen LogP contribution in [0.1, 0.15) is 24.3 Å². The Kier molecular flexibility index (Phi) is 3.62. The van der Waals surface area contributed by atoms with Gasteiger partial charge in [-0.1, -0.05) is 35.9 Å². The summed E-state index contributed by atoms with van der Waals surface area (Å²) in [4.78, 5) is 15.2. The van der Waals surface area contributed by atoms with Gasteiger partial charge in [-0.3, -0.25) is 0 Å². The Morgan fingerprint density at radius 1 is 1.00 bits per heavy atom. The van der Waals surface area contributed by atoms with E-state index in [1.165, 1.54) is 5.56 Å². The molecular weight excluding hydrogens is 310 g/mol. The van der Waals surface area contributed by atoms with Gasteiger partial charge in [0.05, 0.1) is 11.0 Å². The average molecular weight is 328 g/mol. The third-order valence-corrected chi connectivity index (χ3v) is 4.91. The Hall–Kier alpha value is -2.20. The zero-order valence-corrected chi connectivity index (χ0v) is 13.5. The lowest BCUT2D eigenvalue weighted by Gasteiger charge is -2.34. The Balaban J connectivity index is 1.56. The molecule has 1 aromatic heterocycles. The van der Waals surface area contributed by atoms with Gasteiger partial charge in [-0.05, 0) is 48.6 Å². The Bertz CT molecular complexity index is 873. The summed E-state index contributed by atoms with van der Waals surface area (Å²) in [5.41, 5.74) is 3.11. The molecule has 4 rings (SSSR count). The first-order valence-corrected chi connectivity index (χ1v) is 8.30. The number of piperidine rings is 1. The number of H-pyrrole nitrogens is 1. The SMILES string of the molecule is O=c1[nH]c2ccccc2n1N1CCC(c2ccc(Cl)cc2)CC1. The summed E-state index contributed by atoms with van der Waals surface area (Å²) in [5.74, 6) is 0.532. The molecule has 0 bridgehead atoms. The van der Waals surface area contributed by atoms with Crippen molar-refractivity contribution in [1.82, 2.24) is 9.66 Å². The van der Waals surface area contributed by atoms with E-state index in [0.29, 0.717) is 5.92 Å². The summed E-state index contributed by atoms with van der Waals surface area (Å²) < 4.78 is 1.79. The van der Waals surface area contributed by atoms with Crippen LogP contribution in [0.2, 0.25) is 5.02 Å². The number of aromatic amines is 1. The number of imidazole rings is 1. The van der Waals surface area contributed by atoms with E-state index in [-0.39, 0.29) is 5.69 Å². The highest BCUT2D eigenvalue weighted by atomic mass is 35.5. The number of benzene rings is 2. The summed E-state index contributed by atoms with van der Waals surface area (Å²) in [6.07, 6.45) is 2.07. The average Bonchev–Trinajstić information content (AvgIpc) is 2.91. The number of rotatable bonds is 2. The first-order chi connectivity index (χ1) is 11.2. The second-order valence-electron chi connectivity index (χ2n) is 6.04. The smallest absolute Gasteiger partial charge is 0.308 e. The van der Waals surface area contributed by atoms with Crippen LogP contribution in [0.4, 0.5) is 0 Å². The number of hydrogen-bond acceptors (Lipinski definition) is 2. The molecule has 0 atom stereocenters. The molecule has 5 heteroatoms. The minimum absolute atomic E-state index is 0.0591. The van der Waals surface area contributed by atoms with Gasteiger partial charge >= 0.3 is 5.69 Å². The molecular formula is C18H18ClN3O. The number of halogens is 1. The molecule has 1 saturated heterocycles. The lowest BCUT2D eigenvalue weighted by atomic mass is 9.90. The van der Waals surface area contributed by atoms with Gasteiger partial charge in [-0.2, -0.15) is 0 Å². The highest BCUT2D eigenvalue weighted by Gasteiger charge is 2.23. The zero-order chi connectivity index (χ0) is 15.8. The molecule has 118 valence electrons. The largest absolute Gasteiger partial charge is 0.345 e. The van der Waals surface area contributed by atoms with Crippen molar-refractivity contribution in [2.45, 2.75) is 18.8 Å². The van der Waals surface area contributed by atoms with Crippen LogP contribution >= 0.6 is 11.6 Å². The summed E-state index contributed by atoms with van der Waals surface area (Å²) in [7, 11) is 0. The molecule has 0 unspecified atom stereocenters. The van der Waals surface area contributed by atoms with Crippen molar-refractivity contribution in [3.63, 3.8) is 0 Å². The number of para-hydroxylation sites is 2. The third-order valence-electron chi connectivity index (χ3n) is 4.66. The van der Waals surface area contributed by atoms with Crippen LogP contribution < -0.4 is 10.7 Å². The van der Waals surface area contributed by atoms with E-state index in [1.807, 2.05) is 36.4 Å². The van der Waals surface area contributed by atoms with Crippen LogP contribution in [-0.2, 0) is 0 Å². The second kappa shape index (κ2) is 5.78. The highest BCUT2D eigenvalue weighted by Crippen LogP contribution is 2.28. The zero-order valence-electron chi connectivity index (χ0n) is 12.7. The first-order valence-electron chi connectivity index (χ1n) is 7.93. The van der Waals surface area contributed by atoms with Gasteiger partial charge in [0, 0.05) is 18.1 Å². The normalized spacial score (nSPS) is 16.1. The molecule has 2 heterocycles. The predicted octanol–water partition coefficient (Wildman–Crippen LogP) is 3.50. The Morgan fingerprint density at radius 3 is 2.43 bits per heavy atom. The standard InChI is InChI=1S/C18H18ClN3O/c19-15-7-5-13(6-8-15)14-9-11-21(12-10-14)22-17-4-2-1-3-16(17)20-18(22)23/h1-8,14H,9-12H2,(H,20,23). The van der Waals surface area contributed by atoms with Crippen molar-refractivity contribution in [3.8, 4) is 0 Å². The van der Waals surface area contributed by atoms with Gasteiger partial charge < -0.3 is 9.99 Å². The fraction of sp³-hybridized carbons (Fsp3) is 0.278. The summed E-state index contributed by atoms with van der Waals surface area (Å²) in [5, 5.41) is 2.92. The predicted molar refractivity (Wildman–Crippen MR) is 93.9 cm³/mol. The summed E-state index contributed by atoms with van der Waals surface area (Å²) in [6.45, 7) is 1.74. The maximum Gasteiger partial charge on any atom is 0.345 e. The van der Waals surface area contributed by atoms with Gasteiger partial charge in [0.25, 0.3) is 0 Å². The lowest BCUT2D eigenvalue weighted by Crippen LogP contribution is -2.45. The Labute approximate surface area is 139 Å². The molecule has 0 spiro atoms. The van der Waals surface area contributed by atoms with Crippen LogP contribution in [0, 0.1) is 0 Å². The number of fused-ring (bicyclic) bond motifs is 1. The second-order valence-corrected chi connectivity index (χ2v) is 6.48. The van der Waals surface area contributed by atoms with Crippen LogP contribution in [0.25, 0.3) is 11.0 Å². The molecule has 0 aliphatic carbocycles. The Morgan fingerprint density at radius 2 is 1.70 bits per heavy atom. The molecule has 1 aliphatic rings. The quantitative estimate of drug-likeness (QED) is 0.782. The molecule has 1 fully saturated rings. The number of nitrogens with zero attached hydrogens (tertiary/aromatic N) is 2. The van der Waals surface area contributed by atoms with E-state index >= 15 is 0 Å². The molecule has 3 aromatic rings. The van der Waals surface area contributed by atoms with Crippen molar-refractivity contribution in [1.29, 1.82) is 0 Å². The van der Waals surface area contributed by atoms with Gasteiger partial charge in [0.1, 0.15) is 0 Å².